The van der Waals surface area contributed by atoms with Crippen LogP contribution >= 0.6 is 0 Å². The van der Waals surface area contributed by atoms with E-state index in [1.54, 1.807) is 0 Å². The Balaban J connectivity index is 1.97. The number of aromatic nitrogens is 1. The number of nitrogens with one attached hydrogen (secondary N) is 1. The maximum Gasteiger partial charge on any atom is 0.421 e. The number of pyridine rings is 1. The number of aliphatic hydroxyl groups excluding tert-OH is 1. The molecule has 2 rings (SSSR count). The molecule has 0 radical (unpaired) electrons. The van der Waals surface area contributed by atoms with Gasteiger partial charge in [-0.1, -0.05) is 0 Å². The van der Waals surface area contributed by atoms with Gasteiger partial charge in [-0.05, 0) is 43.7 Å². The average molecular weight is 332 g/mol. The molecule has 0 saturated heterocycles. The minimum absolute atomic E-state index is 0.0631. The molecule has 1 aromatic rings. The van der Waals surface area contributed by atoms with Crippen LogP contribution in [0.2, 0.25) is 0 Å². The molecule has 0 spiro atoms. The van der Waals surface area contributed by atoms with E-state index in [2.05, 4.69) is 5.32 Å². The number of nitrogens with zero attached hydrogens (tertiary/aromatic N) is 1. The lowest BCUT2D eigenvalue weighted by Gasteiger charge is -2.28. The van der Waals surface area contributed by atoms with E-state index in [-0.39, 0.29) is 18.6 Å². The van der Waals surface area contributed by atoms with Crippen molar-refractivity contribution >= 4 is 5.91 Å². The molecule has 0 aromatic carbocycles. The Morgan fingerprint density at radius 1 is 1.30 bits per heavy atom. The van der Waals surface area contributed by atoms with E-state index in [1.807, 2.05) is 0 Å². The van der Waals surface area contributed by atoms with Crippen LogP contribution in [-0.4, -0.2) is 28.2 Å². The lowest BCUT2D eigenvalue weighted by molar-refractivity contribution is -0.139. The zero-order chi connectivity index (χ0) is 17.0. The van der Waals surface area contributed by atoms with Crippen LogP contribution in [-0.2, 0) is 17.5 Å². The van der Waals surface area contributed by atoms with E-state index in [1.165, 1.54) is 6.20 Å². The lowest BCUT2D eigenvalue weighted by Crippen LogP contribution is -2.41. The highest BCUT2D eigenvalue weighted by molar-refractivity contribution is 5.76. The maximum absolute atomic E-state index is 12.7. The highest BCUT2D eigenvalue weighted by Gasteiger charge is 2.34. The van der Waals surface area contributed by atoms with Crippen molar-refractivity contribution in [2.75, 3.05) is 6.61 Å². The van der Waals surface area contributed by atoms with Gasteiger partial charge in [-0.25, -0.2) is 0 Å². The number of hydrogen-bond donors (Lipinski definition) is 2. The summed E-state index contributed by atoms with van der Waals surface area (Å²) in [7, 11) is 0. The molecule has 128 valence electrons. The van der Waals surface area contributed by atoms with Crippen molar-refractivity contribution in [1.82, 2.24) is 9.88 Å². The lowest BCUT2D eigenvalue weighted by atomic mass is 9.86. The second-order valence-corrected chi connectivity index (χ2v) is 5.82. The summed E-state index contributed by atoms with van der Waals surface area (Å²) < 4.78 is 38.8. The van der Waals surface area contributed by atoms with E-state index in [0.717, 1.165) is 23.5 Å². The summed E-state index contributed by atoms with van der Waals surface area (Å²) in [5.74, 6) is -0.242. The topological polar surface area (TPSA) is 71.3 Å². The zero-order valence-corrected chi connectivity index (χ0v) is 12.5. The third-order valence-corrected chi connectivity index (χ3v) is 4.11. The number of hydrogen-bond acceptors (Lipinski definition) is 3. The number of halogens is 3. The van der Waals surface area contributed by atoms with E-state index in [0.29, 0.717) is 18.9 Å². The fourth-order valence-electron chi connectivity index (χ4n) is 2.79. The number of carbonyl (C=O) groups is 1. The Bertz CT molecular complexity index is 605. The van der Waals surface area contributed by atoms with Crippen molar-refractivity contribution in [2.45, 2.75) is 44.4 Å². The minimum atomic E-state index is -4.74. The average Bonchev–Trinajstić information content (AvgIpc) is 2.49. The van der Waals surface area contributed by atoms with Gasteiger partial charge in [0, 0.05) is 18.8 Å². The quantitative estimate of drug-likeness (QED) is 0.878. The number of rotatable bonds is 4. The van der Waals surface area contributed by atoms with E-state index in [9.17, 15) is 22.8 Å². The van der Waals surface area contributed by atoms with Crippen molar-refractivity contribution in [2.24, 2.45) is 5.92 Å². The normalized spacial score (nSPS) is 21.9. The van der Waals surface area contributed by atoms with Gasteiger partial charge >= 0.3 is 6.18 Å². The van der Waals surface area contributed by atoms with E-state index in [4.69, 9.17) is 5.11 Å². The SMILES string of the molecule is O=C(Cn1cccc(C(F)(F)F)c1=O)NC1CCC(CO)CC1. The third kappa shape index (κ3) is 4.57. The van der Waals surface area contributed by atoms with Gasteiger partial charge in [-0.2, -0.15) is 13.2 Å². The Hall–Kier alpha value is -1.83. The van der Waals surface area contributed by atoms with Crippen molar-refractivity contribution in [1.29, 1.82) is 0 Å². The van der Waals surface area contributed by atoms with Crippen LogP contribution in [0.3, 0.4) is 0 Å². The van der Waals surface area contributed by atoms with Crippen LogP contribution in [0.25, 0.3) is 0 Å². The van der Waals surface area contributed by atoms with Crippen LogP contribution in [0.5, 0.6) is 0 Å². The van der Waals surface area contributed by atoms with Gasteiger partial charge in [0.05, 0.1) is 0 Å². The van der Waals surface area contributed by atoms with E-state index < -0.39 is 29.8 Å². The first kappa shape index (κ1) is 17.5. The highest BCUT2D eigenvalue weighted by atomic mass is 19.4. The minimum Gasteiger partial charge on any atom is -0.396 e. The Kier molecular flexibility index (Phi) is 5.46. The fraction of sp³-hybridized carbons (Fsp3) is 0.600. The molecule has 0 unspecified atom stereocenters. The monoisotopic (exact) mass is 332 g/mol. The van der Waals surface area contributed by atoms with Gasteiger partial charge in [0.25, 0.3) is 5.56 Å². The van der Waals surface area contributed by atoms with Crippen molar-refractivity contribution in [3.05, 3.63) is 34.2 Å². The van der Waals surface area contributed by atoms with Crippen LogP contribution in [0.4, 0.5) is 13.2 Å². The second-order valence-electron chi connectivity index (χ2n) is 5.82. The molecule has 2 N–H and O–H groups in total. The van der Waals surface area contributed by atoms with Gasteiger partial charge < -0.3 is 15.0 Å². The molecule has 0 atom stereocenters. The Labute approximate surface area is 131 Å². The first-order valence-corrected chi connectivity index (χ1v) is 7.48. The predicted octanol–water partition coefficient (Wildman–Crippen LogP) is 1.53. The Morgan fingerprint density at radius 2 is 1.96 bits per heavy atom. The summed E-state index contributed by atoms with van der Waals surface area (Å²) in [6, 6.07) is 1.74. The molecule has 5 nitrogen and oxygen atoms in total. The molecule has 1 aliphatic rings. The van der Waals surface area contributed by atoms with Crippen LogP contribution in [0, 0.1) is 5.92 Å². The molecule has 0 aliphatic heterocycles. The molecule has 1 fully saturated rings. The molecule has 0 bridgehead atoms. The maximum atomic E-state index is 12.7. The smallest absolute Gasteiger partial charge is 0.396 e. The summed E-state index contributed by atoms with van der Waals surface area (Å²) in [5, 5.41) is 11.8. The molecule has 1 amide bonds. The predicted molar refractivity (Wildman–Crippen MR) is 76.7 cm³/mol. The van der Waals surface area contributed by atoms with Gasteiger partial charge in [0.2, 0.25) is 5.91 Å². The van der Waals surface area contributed by atoms with E-state index >= 15 is 0 Å². The summed E-state index contributed by atoms with van der Waals surface area (Å²) >= 11 is 0. The molecule has 1 saturated carbocycles. The molecular formula is C15H19F3N2O3. The van der Waals surface area contributed by atoms with Crippen molar-refractivity contribution in [3.63, 3.8) is 0 Å². The largest absolute Gasteiger partial charge is 0.421 e. The van der Waals surface area contributed by atoms with Crippen molar-refractivity contribution < 1.29 is 23.1 Å². The number of carbonyl (C=O) groups excluding carboxylic acids is 1. The van der Waals surface area contributed by atoms with Crippen LogP contribution in [0.1, 0.15) is 31.2 Å². The van der Waals surface area contributed by atoms with Crippen molar-refractivity contribution in [3.8, 4) is 0 Å². The highest BCUT2D eigenvalue weighted by Crippen LogP contribution is 2.26. The number of alkyl halides is 3. The summed E-state index contributed by atoms with van der Waals surface area (Å²) in [5.41, 5.74) is -2.50. The summed E-state index contributed by atoms with van der Waals surface area (Å²) in [4.78, 5) is 23.7. The van der Waals surface area contributed by atoms with Crippen LogP contribution in [0.15, 0.2) is 23.1 Å². The fourth-order valence-corrected chi connectivity index (χ4v) is 2.79. The summed E-state index contributed by atoms with van der Waals surface area (Å²) in [6.45, 7) is -0.316. The zero-order valence-electron chi connectivity index (χ0n) is 12.5. The molecule has 23 heavy (non-hydrogen) atoms. The van der Waals surface area contributed by atoms with Gasteiger partial charge in [0.15, 0.2) is 0 Å². The molecular weight excluding hydrogens is 313 g/mol. The molecule has 1 aliphatic carbocycles. The van der Waals surface area contributed by atoms with Crippen LogP contribution < -0.4 is 10.9 Å². The number of amides is 1. The Morgan fingerprint density at radius 3 is 2.52 bits per heavy atom. The molecule has 1 heterocycles. The van der Waals surface area contributed by atoms with Gasteiger partial charge in [0.1, 0.15) is 12.1 Å². The van der Waals surface area contributed by atoms with Gasteiger partial charge in [-0.3, -0.25) is 9.59 Å². The summed E-state index contributed by atoms with van der Waals surface area (Å²) in [6.07, 6.45) is -0.544. The molecule has 8 heteroatoms. The first-order chi connectivity index (χ1) is 10.8. The van der Waals surface area contributed by atoms with Gasteiger partial charge in [-0.15, -0.1) is 0 Å². The standard InChI is InChI=1S/C15H19F3N2O3/c16-15(17,18)12-2-1-7-20(14(12)23)8-13(22)19-11-5-3-10(9-21)4-6-11/h1-2,7,10-11,21H,3-6,8-9H2,(H,19,22). The molecule has 1 aromatic heterocycles. The second kappa shape index (κ2) is 7.16. The third-order valence-electron chi connectivity index (χ3n) is 4.11. The first-order valence-electron chi connectivity index (χ1n) is 7.48. The number of aliphatic hydroxyl groups is 1.